The number of allylic oxidation sites excluding steroid dienone is 6. The molecule has 2 aromatic rings. The number of nitrogens with one attached hydrogen (secondary N) is 3. The summed E-state index contributed by atoms with van der Waals surface area (Å²) in [6.07, 6.45) is 11.8. The Hall–Kier alpha value is -2.63. The molecule has 1 heterocycles. The minimum atomic E-state index is 0.0237. The van der Waals surface area contributed by atoms with Crippen molar-refractivity contribution in [3.8, 4) is 0 Å². The molecule has 32 heavy (non-hydrogen) atoms. The zero-order valence-electron chi connectivity index (χ0n) is 19.2. The molecule has 1 atom stereocenters. The van der Waals surface area contributed by atoms with Crippen molar-refractivity contribution >= 4 is 34.6 Å². The molecule has 1 unspecified atom stereocenters. The van der Waals surface area contributed by atoms with Crippen LogP contribution >= 0.6 is 11.6 Å². The second-order valence-electron chi connectivity index (χ2n) is 8.14. The van der Waals surface area contributed by atoms with E-state index >= 15 is 0 Å². The second-order valence-corrected chi connectivity index (χ2v) is 8.58. The number of nitrogens with zero attached hydrogens (tertiary/aromatic N) is 1. The number of amides is 1. The van der Waals surface area contributed by atoms with Gasteiger partial charge in [0.25, 0.3) is 0 Å². The monoisotopic (exact) mass is 452 g/mol. The van der Waals surface area contributed by atoms with E-state index in [-0.39, 0.29) is 6.04 Å². The summed E-state index contributed by atoms with van der Waals surface area (Å²) in [6, 6.07) is 6.49. The van der Waals surface area contributed by atoms with Gasteiger partial charge in [0.1, 0.15) is 0 Å². The van der Waals surface area contributed by atoms with Crippen molar-refractivity contribution in [1.29, 1.82) is 0 Å². The lowest BCUT2D eigenvalue weighted by molar-refractivity contribution is -0.109. The maximum atomic E-state index is 10.3. The van der Waals surface area contributed by atoms with Gasteiger partial charge in [0.15, 0.2) is 0 Å². The molecule has 5 nitrogen and oxygen atoms in total. The fourth-order valence-electron chi connectivity index (χ4n) is 4.06. The lowest BCUT2D eigenvalue weighted by Gasteiger charge is -2.17. The third kappa shape index (κ3) is 6.21. The first kappa shape index (κ1) is 24.0. The van der Waals surface area contributed by atoms with Crippen molar-refractivity contribution in [2.24, 2.45) is 4.99 Å². The van der Waals surface area contributed by atoms with E-state index in [2.05, 4.69) is 60.8 Å². The Bertz CT molecular complexity index is 1060. The van der Waals surface area contributed by atoms with Crippen LogP contribution in [0.4, 0.5) is 0 Å². The van der Waals surface area contributed by atoms with Gasteiger partial charge in [-0.15, -0.1) is 0 Å². The molecule has 1 aromatic heterocycles. The molecular weight excluding hydrogens is 420 g/mol. The van der Waals surface area contributed by atoms with Crippen LogP contribution in [0.5, 0.6) is 0 Å². The van der Waals surface area contributed by atoms with Crippen molar-refractivity contribution in [2.45, 2.75) is 46.1 Å². The Morgan fingerprint density at radius 2 is 2.09 bits per heavy atom. The number of halogens is 1. The summed E-state index contributed by atoms with van der Waals surface area (Å²) < 4.78 is 0. The van der Waals surface area contributed by atoms with Gasteiger partial charge in [-0.2, -0.15) is 0 Å². The van der Waals surface area contributed by atoms with E-state index in [1.54, 1.807) is 0 Å². The number of aryl methyl sites for hydroxylation is 1. The van der Waals surface area contributed by atoms with Crippen LogP contribution in [-0.2, 0) is 4.79 Å². The number of hydrogen-bond acceptors (Lipinski definition) is 3. The molecule has 3 N–H and O–H groups in total. The molecule has 0 spiro atoms. The molecule has 6 heteroatoms. The van der Waals surface area contributed by atoms with Crippen molar-refractivity contribution in [3.63, 3.8) is 0 Å². The maximum Gasteiger partial charge on any atom is 0.207 e. The molecule has 1 amide bonds. The van der Waals surface area contributed by atoms with Gasteiger partial charge in [-0.05, 0) is 70.0 Å². The molecule has 1 aliphatic rings. The number of H-pyrrole nitrogens is 1. The van der Waals surface area contributed by atoms with Crippen LogP contribution in [0.2, 0.25) is 0 Å². The van der Waals surface area contributed by atoms with Crippen LogP contribution in [0.1, 0.15) is 50.3 Å². The Morgan fingerprint density at radius 1 is 1.25 bits per heavy atom. The van der Waals surface area contributed by atoms with Gasteiger partial charge in [-0.3, -0.25) is 9.79 Å². The van der Waals surface area contributed by atoms with Gasteiger partial charge in [0.2, 0.25) is 6.41 Å². The molecule has 0 bridgehead atoms. The van der Waals surface area contributed by atoms with E-state index in [0.29, 0.717) is 6.54 Å². The van der Waals surface area contributed by atoms with Crippen LogP contribution in [0, 0.1) is 6.92 Å². The molecule has 0 saturated heterocycles. The van der Waals surface area contributed by atoms with Crippen molar-refractivity contribution in [2.75, 3.05) is 19.6 Å². The third-order valence-corrected chi connectivity index (χ3v) is 6.02. The van der Waals surface area contributed by atoms with Gasteiger partial charge >= 0.3 is 0 Å². The minimum absolute atomic E-state index is 0.0237. The molecule has 0 radical (unpaired) electrons. The molecule has 3 rings (SSSR count). The van der Waals surface area contributed by atoms with Gasteiger partial charge in [0, 0.05) is 46.4 Å². The Kier molecular flexibility index (Phi) is 8.89. The lowest BCUT2D eigenvalue weighted by Crippen LogP contribution is -2.27. The van der Waals surface area contributed by atoms with Crippen molar-refractivity contribution in [3.05, 3.63) is 69.9 Å². The average Bonchev–Trinajstić information content (AvgIpc) is 3.20. The van der Waals surface area contributed by atoms with Crippen LogP contribution in [0.3, 0.4) is 0 Å². The highest BCUT2D eigenvalue weighted by atomic mass is 35.5. The Morgan fingerprint density at radius 3 is 2.88 bits per heavy atom. The van der Waals surface area contributed by atoms with Crippen LogP contribution in [0.25, 0.3) is 10.9 Å². The summed E-state index contributed by atoms with van der Waals surface area (Å²) in [6.45, 7) is 8.78. The molecular formula is C26H33ClN4O. The highest BCUT2D eigenvalue weighted by molar-refractivity contribution is 6.33. The highest BCUT2D eigenvalue weighted by Crippen LogP contribution is 2.30. The standard InChI is InChI=1S/C26H33ClN4O/c1-4-20(6-5-11-28-12-13-29-17-32)22-15-21(27)8-10-26(22)31-19(3)24-16-30-25-9-7-18(2)14-23(24)25/h7-10,14-17,19,28,30H,4-6,11-13H2,1-3H3,(H,29,32)/b22-20+,31-26?. The first-order valence-corrected chi connectivity index (χ1v) is 11.7. The van der Waals surface area contributed by atoms with Crippen LogP contribution in [0.15, 0.2) is 63.8 Å². The van der Waals surface area contributed by atoms with E-state index in [4.69, 9.17) is 16.6 Å². The molecule has 0 saturated carbocycles. The zero-order valence-corrected chi connectivity index (χ0v) is 19.9. The normalized spacial score (nSPS) is 17.5. The predicted molar refractivity (Wildman–Crippen MR) is 135 cm³/mol. The van der Waals surface area contributed by atoms with Gasteiger partial charge in [-0.1, -0.05) is 35.7 Å². The number of carbonyl (C=O) groups is 1. The first-order chi connectivity index (χ1) is 15.5. The summed E-state index contributed by atoms with van der Waals surface area (Å²) in [5.41, 5.74) is 7.08. The van der Waals surface area contributed by atoms with E-state index < -0.39 is 0 Å². The van der Waals surface area contributed by atoms with E-state index in [0.717, 1.165) is 60.6 Å². The molecule has 0 fully saturated rings. The summed E-state index contributed by atoms with van der Waals surface area (Å²) in [7, 11) is 0. The van der Waals surface area contributed by atoms with E-state index in [1.807, 2.05) is 18.2 Å². The number of aromatic nitrogens is 1. The Labute approximate surface area is 195 Å². The maximum absolute atomic E-state index is 10.3. The van der Waals surface area contributed by atoms with E-state index in [1.165, 1.54) is 22.1 Å². The van der Waals surface area contributed by atoms with Crippen molar-refractivity contribution in [1.82, 2.24) is 15.6 Å². The summed E-state index contributed by atoms with van der Waals surface area (Å²) in [5, 5.41) is 7.99. The molecule has 0 aliphatic heterocycles. The minimum Gasteiger partial charge on any atom is -0.361 e. The smallest absolute Gasteiger partial charge is 0.207 e. The number of aromatic amines is 1. The average molecular weight is 453 g/mol. The number of benzene rings is 1. The predicted octanol–water partition coefficient (Wildman–Crippen LogP) is 5.49. The first-order valence-electron chi connectivity index (χ1n) is 11.3. The topological polar surface area (TPSA) is 69.3 Å². The Balaban J connectivity index is 1.78. The quantitative estimate of drug-likeness (QED) is 0.311. The molecule has 1 aromatic carbocycles. The molecule has 1 aliphatic carbocycles. The fraction of sp³-hybridized carbons (Fsp3) is 0.385. The summed E-state index contributed by atoms with van der Waals surface area (Å²) >= 11 is 6.37. The van der Waals surface area contributed by atoms with Crippen molar-refractivity contribution < 1.29 is 4.79 Å². The van der Waals surface area contributed by atoms with Gasteiger partial charge < -0.3 is 15.6 Å². The number of aliphatic imine (C=N–C) groups is 1. The lowest BCUT2D eigenvalue weighted by atomic mass is 9.93. The number of fused-ring (bicyclic) bond motifs is 1. The van der Waals surface area contributed by atoms with Crippen LogP contribution in [-0.4, -0.2) is 36.7 Å². The van der Waals surface area contributed by atoms with Gasteiger partial charge in [-0.25, -0.2) is 0 Å². The molecule has 170 valence electrons. The number of hydrogen-bond donors (Lipinski definition) is 3. The number of carbonyl (C=O) groups excluding carboxylic acids is 1. The number of rotatable bonds is 11. The highest BCUT2D eigenvalue weighted by Gasteiger charge is 2.16. The summed E-state index contributed by atoms with van der Waals surface area (Å²) in [5.74, 6) is 0. The third-order valence-electron chi connectivity index (χ3n) is 5.78. The van der Waals surface area contributed by atoms with E-state index in [9.17, 15) is 4.79 Å². The summed E-state index contributed by atoms with van der Waals surface area (Å²) in [4.78, 5) is 18.8. The SMILES string of the molecule is CC/C(CCCNCCNC=O)=C1/C=C(Cl)C=CC1=NC(C)c1c[nH]c2ccc(C)cc12. The van der Waals surface area contributed by atoms with Gasteiger partial charge in [0.05, 0.1) is 11.8 Å². The fourth-order valence-corrected chi connectivity index (χ4v) is 4.23. The zero-order chi connectivity index (χ0) is 22.9. The largest absolute Gasteiger partial charge is 0.361 e. The second kappa shape index (κ2) is 11.8. The van der Waals surface area contributed by atoms with Crippen LogP contribution < -0.4 is 10.6 Å².